The van der Waals surface area contributed by atoms with Crippen molar-refractivity contribution in [1.82, 2.24) is 0 Å². The average molecular weight is 843 g/mol. The summed E-state index contributed by atoms with van der Waals surface area (Å²) in [5.74, 6) is -0.0394. The predicted molar refractivity (Wildman–Crippen MR) is 221 cm³/mol. The zero-order valence-electron chi connectivity index (χ0n) is 29.1. The van der Waals surface area contributed by atoms with Gasteiger partial charge in [0, 0.05) is 29.9 Å². The first-order valence-corrected chi connectivity index (χ1v) is 23.3. The first-order chi connectivity index (χ1) is 22.9. The number of hydrogen-bond acceptors (Lipinski definition) is 4. The SMILES string of the molecule is CCCCCCc1cc(-c2sc(-c3sc(-c4sc(Br)c(F)c4CCCCCC)cc3CCCCCC)cc2CCCCCC)sc1Br. The second kappa shape index (κ2) is 21.1. The van der Waals surface area contributed by atoms with Gasteiger partial charge in [-0.1, -0.05) is 105 Å². The molecule has 0 aromatic carbocycles. The Labute approximate surface area is 318 Å². The molecule has 0 aliphatic heterocycles. The van der Waals surface area contributed by atoms with E-state index >= 15 is 4.39 Å². The van der Waals surface area contributed by atoms with Crippen molar-refractivity contribution in [3.63, 3.8) is 0 Å². The Morgan fingerprint density at radius 3 is 1.34 bits per heavy atom. The topological polar surface area (TPSA) is 0 Å². The molecule has 0 N–H and O–H groups in total. The number of aryl methyl sites for hydroxylation is 3. The highest BCUT2D eigenvalue weighted by atomic mass is 79.9. The Balaban J connectivity index is 1.72. The third-order valence-corrected chi connectivity index (χ3v) is 15.8. The van der Waals surface area contributed by atoms with Crippen molar-refractivity contribution in [2.75, 3.05) is 0 Å². The van der Waals surface area contributed by atoms with E-state index in [0.717, 1.165) is 42.5 Å². The standard InChI is InChI=1S/C40H55Br2FS4/c1-5-9-13-17-21-28-25-32(44-37(28)33-27-30(39(41)46-33)23-19-15-11-7-3)36-29(22-18-14-10-6-2)26-34(45-36)38-31(24-20-16-12-8-4)35(43)40(42)47-38/h25-27H,5-24H2,1-4H3. The van der Waals surface area contributed by atoms with Crippen molar-refractivity contribution < 1.29 is 4.39 Å². The van der Waals surface area contributed by atoms with Gasteiger partial charge in [0.05, 0.1) is 8.66 Å². The molecule has 0 atom stereocenters. The van der Waals surface area contributed by atoms with Gasteiger partial charge in [-0.2, -0.15) is 0 Å². The fourth-order valence-electron chi connectivity index (χ4n) is 6.35. The molecule has 7 heteroatoms. The van der Waals surface area contributed by atoms with Crippen molar-refractivity contribution in [2.24, 2.45) is 0 Å². The van der Waals surface area contributed by atoms with E-state index in [2.05, 4.69) is 77.8 Å². The quantitative estimate of drug-likeness (QED) is 0.0653. The van der Waals surface area contributed by atoms with Gasteiger partial charge in [-0.3, -0.25) is 0 Å². The van der Waals surface area contributed by atoms with Crippen molar-refractivity contribution >= 4 is 77.2 Å². The Kier molecular flexibility index (Phi) is 17.8. The summed E-state index contributed by atoms with van der Waals surface area (Å²) < 4.78 is 17.4. The lowest BCUT2D eigenvalue weighted by Gasteiger charge is -2.02. The van der Waals surface area contributed by atoms with Crippen molar-refractivity contribution in [2.45, 2.75) is 156 Å². The summed E-state index contributed by atoms with van der Waals surface area (Å²) in [5, 5.41) is 0. The first-order valence-electron chi connectivity index (χ1n) is 18.4. The molecule has 0 spiro atoms. The van der Waals surface area contributed by atoms with E-state index < -0.39 is 0 Å². The first kappa shape index (κ1) is 39.5. The molecule has 0 saturated heterocycles. The molecule has 0 nitrogen and oxygen atoms in total. The minimum atomic E-state index is -0.0394. The van der Waals surface area contributed by atoms with Gasteiger partial charge in [-0.15, -0.1) is 45.3 Å². The van der Waals surface area contributed by atoms with Crippen LogP contribution in [-0.4, -0.2) is 0 Å². The van der Waals surface area contributed by atoms with E-state index in [9.17, 15) is 0 Å². The van der Waals surface area contributed by atoms with Gasteiger partial charge in [-0.05, 0) is 118 Å². The molecule has 0 aliphatic rings. The highest BCUT2D eigenvalue weighted by Crippen LogP contribution is 2.50. The van der Waals surface area contributed by atoms with E-state index in [-0.39, 0.29) is 5.82 Å². The third-order valence-electron chi connectivity index (χ3n) is 9.13. The van der Waals surface area contributed by atoms with E-state index in [1.54, 1.807) is 11.3 Å². The van der Waals surface area contributed by atoms with Crippen molar-refractivity contribution in [3.05, 3.63) is 53.8 Å². The zero-order valence-corrected chi connectivity index (χ0v) is 35.6. The number of halogens is 3. The normalized spacial score (nSPS) is 11.7. The summed E-state index contributed by atoms with van der Waals surface area (Å²) in [7, 11) is 0. The van der Waals surface area contributed by atoms with Crippen LogP contribution in [0.1, 0.15) is 153 Å². The van der Waals surface area contributed by atoms with E-state index in [1.165, 1.54) is 141 Å². The molecule has 0 saturated carbocycles. The van der Waals surface area contributed by atoms with Gasteiger partial charge in [0.25, 0.3) is 0 Å². The van der Waals surface area contributed by atoms with Crippen molar-refractivity contribution in [1.29, 1.82) is 0 Å². The van der Waals surface area contributed by atoms with Crippen molar-refractivity contribution in [3.8, 4) is 29.3 Å². The molecule has 0 radical (unpaired) electrons. The number of thiophene rings is 4. The van der Waals surface area contributed by atoms with Crippen LogP contribution in [0.3, 0.4) is 0 Å². The van der Waals surface area contributed by atoms with Gasteiger partial charge in [0.2, 0.25) is 0 Å². The summed E-state index contributed by atoms with van der Waals surface area (Å²) in [6.45, 7) is 9.10. The Hall–Kier alpha value is -0.310. The molecule has 0 unspecified atom stereocenters. The van der Waals surface area contributed by atoms with E-state index in [0.29, 0.717) is 3.79 Å². The van der Waals surface area contributed by atoms with Crippen LogP contribution in [0.15, 0.2) is 25.8 Å². The highest BCUT2D eigenvalue weighted by molar-refractivity contribution is 9.11. The van der Waals surface area contributed by atoms with Crippen LogP contribution >= 0.6 is 77.2 Å². The van der Waals surface area contributed by atoms with Gasteiger partial charge in [0.1, 0.15) is 3.79 Å². The lowest BCUT2D eigenvalue weighted by molar-refractivity contribution is 0.596. The minimum Gasteiger partial charge on any atom is -0.204 e. The zero-order chi connectivity index (χ0) is 33.6. The maximum Gasteiger partial charge on any atom is 0.152 e. The van der Waals surface area contributed by atoms with Crippen LogP contribution in [0.5, 0.6) is 0 Å². The molecule has 4 aromatic heterocycles. The smallest absolute Gasteiger partial charge is 0.152 e. The maximum atomic E-state index is 15.5. The Bertz CT molecular complexity index is 1490. The molecule has 0 amide bonds. The summed E-state index contributed by atoms with van der Waals surface area (Å²) >= 11 is 14.9. The molecule has 260 valence electrons. The summed E-state index contributed by atoms with van der Waals surface area (Å²) in [6, 6.07) is 7.44. The summed E-state index contributed by atoms with van der Waals surface area (Å²) in [4.78, 5) is 8.10. The summed E-state index contributed by atoms with van der Waals surface area (Å²) in [6.07, 6.45) is 24.2. The number of unbranched alkanes of at least 4 members (excludes halogenated alkanes) is 12. The minimum absolute atomic E-state index is 0.0394. The summed E-state index contributed by atoms with van der Waals surface area (Å²) in [5.41, 5.74) is 5.36. The maximum absolute atomic E-state index is 15.5. The van der Waals surface area contributed by atoms with Crippen LogP contribution in [0.2, 0.25) is 0 Å². The van der Waals surface area contributed by atoms with Gasteiger partial charge < -0.3 is 0 Å². The lowest BCUT2D eigenvalue weighted by atomic mass is 10.0. The molecular formula is C40H55Br2FS4. The number of rotatable bonds is 23. The molecule has 0 fully saturated rings. The van der Waals surface area contributed by atoms with Crippen LogP contribution in [0, 0.1) is 5.82 Å². The van der Waals surface area contributed by atoms with Gasteiger partial charge in [0.15, 0.2) is 5.82 Å². The molecule has 0 bridgehead atoms. The van der Waals surface area contributed by atoms with Crippen LogP contribution < -0.4 is 0 Å². The molecule has 4 aromatic rings. The second-order valence-electron chi connectivity index (χ2n) is 13.1. The fourth-order valence-corrected chi connectivity index (χ4v) is 12.6. The van der Waals surface area contributed by atoms with Crippen LogP contribution in [-0.2, 0) is 25.7 Å². The Morgan fingerprint density at radius 1 is 0.447 bits per heavy atom. The monoisotopic (exact) mass is 840 g/mol. The molecule has 4 heterocycles. The van der Waals surface area contributed by atoms with E-state index in [4.69, 9.17) is 0 Å². The molecule has 4 rings (SSSR count). The third kappa shape index (κ3) is 11.3. The number of hydrogen-bond donors (Lipinski definition) is 0. The molecular weight excluding hydrogens is 788 g/mol. The predicted octanol–water partition coefficient (Wildman–Crippen LogP) is 17.1. The van der Waals surface area contributed by atoms with Gasteiger partial charge in [-0.25, -0.2) is 4.39 Å². The molecule has 0 aliphatic carbocycles. The van der Waals surface area contributed by atoms with Crippen LogP contribution in [0.4, 0.5) is 4.39 Å². The fraction of sp³-hybridized carbons (Fsp3) is 0.600. The second-order valence-corrected chi connectivity index (χ2v) is 19.9. The lowest BCUT2D eigenvalue weighted by Crippen LogP contribution is -1.89. The van der Waals surface area contributed by atoms with Gasteiger partial charge >= 0.3 is 0 Å². The Morgan fingerprint density at radius 2 is 0.851 bits per heavy atom. The van der Waals surface area contributed by atoms with Crippen LogP contribution in [0.25, 0.3) is 29.3 Å². The largest absolute Gasteiger partial charge is 0.204 e. The molecule has 47 heavy (non-hydrogen) atoms. The highest BCUT2D eigenvalue weighted by Gasteiger charge is 2.24. The average Bonchev–Trinajstić information content (AvgIpc) is 3.83. The van der Waals surface area contributed by atoms with E-state index in [1.807, 2.05) is 34.0 Å².